The van der Waals surface area contributed by atoms with Crippen molar-refractivity contribution >= 4 is 5.78 Å². The van der Waals surface area contributed by atoms with E-state index >= 15 is 0 Å². The zero-order valence-corrected chi connectivity index (χ0v) is 8.39. The van der Waals surface area contributed by atoms with Gasteiger partial charge in [0.15, 0.2) is 11.6 Å². The molecule has 1 rings (SSSR count). The third-order valence-electron chi connectivity index (χ3n) is 1.32. The molecule has 0 saturated heterocycles. The third-order valence-corrected chi connectivity index (χ3v) is 1.32. The minimum Gasteiger partial charge on any atom is -0.293 e. The summed E-state index contributed by atoms with van der Waals surface area (Å²) in [5.74, 6) is -0.894. The van der Waals surface area contributed by atoms with Crippen molar-refractivity contribution in [1.29, 1.82) is 0 Å². The Bertz CT molecular complexity index is 297. The van der Waals surface area contributed by atoms with Crippen molar-refractivity contribution in [2.45, 2.75) is 27.7 Å². The summed E-state index contributed by atoms with van der Waals surface area (Å²) >= 11 is 0. The number of aromatic nitrogens is 1. The number of hydrogen-bond donors (Lipinski definition) is 0. The van der Waals surface area contributed by atoms with Gasteiger partial charge in [0.1, 0.15) is 5.69 Å². The molecule has 13 heavy (non-hydrogen) atoms. The zero-order valence-electron chi connectivity index (χ0n) is 8.39. The normalized spacial score (nSPS) is 8.69. The van der Waals surface area contributed by atoms with Gasteiger partial charge >= 0.3 is 0 Å². The summed E-state index contributed by atoms with van der Waals surface area (Å²) < 4.78 is 12.7. The maximum atomic E-state index is 12.7. The van der Waals surface area contributed by atoms with Crippen molar-refractivity contribution in [3.63, 3.8) is 0 Å². The summed E-state index contributed by atoms with van der Waals surface area (Å²) in [6.45, 7) is 7.01. The molecule has 0 N–H and O–H groups in total. The SMILES string of the molecule is CC.CC(=O)c1nc(C)ccc1F. The van der Waals surface area contributed by atoms with E-state index in [9.17, 15) is 9.18 Å². The fourth-order valence-corrected chi connectivity index (χ4v) is 0.787. The lowest BCUT2D eigenvalue weighted by molar-refractivity contribution is 0.100. The van der Waals surface area contributed by atoms with Crippen LogP contribution in [0.1, 0.15) is 37.0 Å². The lowest BCUT2D eigenvalue weighted by Crippen LogP contribution is -2.01. The average molecular weight is 183 g/mol. The molecule has 0 radical (unpaired) electrons. The molecule has 0 saturated carbocycles. The van der Waals surface area contributed by atoms with Gasteiger partial charge in [-0.3, -0.25) is 4.79 Å². The molecule has 0 unspecified atom stereocenters. The van der Waals surface area contributed by atoms with E-state index in [1.807, 2.05) is 13.8 Å². The number of nitrogens with zero attached hydrogens (tertiary/aromatic N) is 1. The number of carbonyl (C=O) groups excluding carboxylic acids is 1. The second kappa shape index (κ2) is 5.41. The first-order valence-electron chi connectivity index (χ1n) is 4.25. The predicted molar refractivity (Wildman–Crippen MR) is 50.3 cm³/mol. The minimum atomic E-state index is -0.553. The summed E-state index contributed by atoms with van der Waals surface area (Å²) in [5, 5.41) is 0. The first-order valence-corrected chi connectivity index (χ1v) is 4.25. The van der Waals surface area contributed by atoms with Crippen molar-refractivity contribution in [3.8, 4) is 0 Å². The fourth-order valence-electron chi connectivity index (χ4n) is 0.787. The molecule has 0 aliphatic heterocycles. The second-order valence-corrected chi connectivity index (χ2v) is 2.34. The number of hydrogen-bond acceptors (Lipinski definition) is 2. The topological polar surface area (TPSA) is 30.0 Å². The molecular formula is C10H14FNO. The first-order chi connectivity index (χ1) is 6.11. The van der Waals surface area contributed by atoms with Gasteiger partial charge in [-0.1, -0.05) is 13.8 Å². The van der Waals surface area contributed by atoms with Gasteiger partial charge in [0, 0.05) is 12.6 Å². The molecule has 0 aliphatic rings. The monoisotopic (exact) mass is 183 g/mol. The summed E-state index contributed by atoms with van der Waals surface area (Å²) in [6, 6.07) is 2.78. The maximum Gasteiger partial charge on any atom is 0.181 e. The van der Waals surface area contributed by atoms with Crippen molar-refractivity contribution in [1.82, 2.24) is 4.98 Å². The molecule has 2 nitrogen and oxygen atoms in total. The van der Waals surface area contributed by atoms with Crippen LogP contribution in [0, 0.1) is 12.7 Å². The van der Waals surface area contributed by atoms with Crippen molar-refractivity contribution in [3.05, 3.63) is 29.3 Å². The Morgan fingerprint density at radius 1 is 1.38 bits per heavy atom. The summed E-state index contributed by atoms with van der Waals surface area (Å²) in [7, 11) is 0. The van der Waals surface area contributed by atoms with E-state index in [2.05, 4.69) is 4.98 Å². The Labute approximate surface area is 77.8 Å². The zero-order chi connectivity index (χ0) is 10.4. The number of carbonyl (C=O) groups is 1. The van der Waals surface area contributed by atoms with E-state index in [-0.39, 0.29) is 11.5 Å². The number of ketones is 1. The van der Waals surface area contributed by atoms with Gasteiger partial charge in [0.25, 0.3) is 0 Å². The molecule has 1 aromatic rings. The number of aryl methyl sites for hydroxylation is 1. The largest absolute Gasteiger partial charge is 0.293 e. The highest BCUT2D eigenvalue weighted by atomic mass is 19.1. The fraction of sp³-hybridized carbons (Fsp3) is 0.400. The Balaban J connectivity index is 0.000000671. The van der Waals surface area contributed by atoms with Gasteiger partial charge in [-0.25, -0.2) is 9.37 Å². The van der Waals surface area contributed by atoms with Crippen LogP contribution in [0.3, 0.4) is 0 Å². The lowest BCUT2D eigenvalue weighted by Gasteiger charge is -1.97. The van der Waals surface area contributed by atoms with Gasteiger partial charge in [-0.05, 0) is 19.1 Å². The number of Topliss-reactive ketones (excluding diaryl/α,β-unsaturated/α-hetero) is 1. The minimum absolute atomic E-state index is 0.0787. The summed E-state index contributed by atoms with van der Waals surface area (Å²) in [4.78, 5) is 14.5. The molecule has 0 atom stereocenters. The van der Waals surface area contributed by atoms with Gasteiger partial charge in [-0.2, -0.15) is 0 Å². The highest BCUT2D eigenvalue weighted by Gasteiger charge is 2.07. The average Bonchev–Trinajstić information content (AvgIpc) is 2.12. The second-order valence-electron chi connectivity index (χ2n) is 2.34. The number of halogens is 1. The summed E-state index contributed by atoms with van der Waals surface area (Å²) in [5.41, 5.74) is 0.571. The van der Waals surface area contributed by atoms with Gasteiger partial charge in [0.2, 0.25) is 0 Å². The van der Waals surface area contributed by atoms with E-state index in [4.69, 9.17) is 0 Å². The van der Waals surface area contributed by atoms with Crippen LogP contribution < -0.4 is 0 Å². The van der Waals surface area contributed by atoms with Crippen LogP contribution in [0.25, 0.3) is 0 Å². The van der Waals surface area contributed by atoms with Crippen LogP contribution >= 0.6 is 0 Å². The van der Waals surface area contributed by atoms with Crippen LogP contribution in [-0.4, -0.2) is 10.8 Å². The molecule has 0 spiro atoms. The van der Waals surface area contributed by atoms with Gasteiger partial charge in [-0.15, -0.1) is 0 Å². The Kier molecular flexibility index (Phi) is 4.89. The van der Waals surface area contributed by atoms with Crippen LogP contribution in [0.4, 0.5) is 4.39 Å². The van der Waals surface area contributed by atoms with E-state index in [1.165, 1.54) is 19.1 Å². The lowest BCUT2D eigenvalue weighted by atomic mass is 10.2. The molecule has 0 bridgehead atoms. The molecule has 0 fully saturated rings. The molecule has 1 aromatic heterocycles. The maximum absolute atomic E-state index is 12.7. The number of rotatable bonds is 1. The van der Waals surface area contributed by atoms with Gasteiger partial charge in [0.05, 0.1) is 0 Å². The standard InChI is InChI=1S/C8H8FNO.C2H6/c1-5-3-4-7(9)8(10-5)6(2)11;1-2/h3-4H,1-2H3;1-2H3. The van der Waals surface area contributed by atoms with Crippen molar-refractivity contribution < 1.29 is 9.18 Å². The van der Waals surface area contributed by atoms with Crippen LogP contribution in [-0.2, 0) is 0 Å². The number of pyridine rings is 1. The Hall–Kier alpha value is -1.25. The third kappa shape index (κ3) is 3.32. The molecule has 3 heteroatoms. The van der Waals surface area contributed by atoms with Crippen LogP contribution in [0.5, 0.6) is 0 Å². The summed E-state index contributed by atoms with van der Waals surface area (Å²) in [6.07, 6.45) is 0. The van der Waals surface area contributed by atoms with E-state index < -0.39 is 5.82 Å². The highest BCUT2D eigenvalue weighted by Crippen LogP contribution is 2.05. The Morgan fingerprint density at radius 2 is 1.92 bits per heavy atom. The molecule has 0 amide bonds. The van der Waals surface area contributed by atoms with E-state index in [1.54, 1.807) is 6.92 Å². The Morgan fingerprint density at radius 3 is 2.31 bits per heavy atom. The first kappa shape index (κ1) is 11.8. The van der Waals surface area contributed by atoms with E-state index in [0.717, 1.165) is 0 Å². The highest BCUT2D eigenvalue weighted by molar-refractivity contribution is 5.92. The molecule has 1 heterocycles. The van der Waals surface area contributed by atoms with Crippen molar-refractivity contribution in [2.24, 2.45) is 0 Å². The molecule has 0 aliphatic carbocycles. The van der Waals surface area contributed by atoms with Crippen LogP contribution in [0.15, 0.2) is 12.1 Å². The van der Waals surface area contributed by atoms with Crippen LogP contribution in [0.2, 0.25) is 0 Å². The molecule has 0 aromatic carbocycles. The molecular weight excluding hydrogens is 169 g/mol. The predicted octanol–water partition coefficient (Wildman–Crippen LogP) is 2.76. The molecule has 72 valence electrons. The van der Waals surface area contributed by atoms with E-state index in [0.29, 0.717) is 5.69 Å². The smallest absolute Gasteiger partial charge is 0.181 e. The van der Waals surface area contributed by atoms with Gasteiger partial charge < -0.3 is 0 Å². The van der Waals surface area contributed by atoms with Crippen molar-refractivity contribution in [2.75, 3.05) is 0 Å². The quantitative estimate of drug-likeness (QED) is 0.626.